The Kier molecular flexibility index (Phi) is 5.52. The SMILES string of the molecule is CCOCc1ccc(CNC(=O)c2ccccc2C)cc1. The van der Waals surface area contributed by atoms with Crippen LogP contribution in [0.2, 0.25) is 0 Å². The van der Waals surface area contributed by atoms with Crippen LogP contribution in [0.3, 0.4) is 0 Å². The Morgan fingerprint density at radius 3 is 2.38 bits per heavy atom. The number of benzene rings is 2. The van der Waals surface area contributed by atoms with Gasteiger partial charge in [-0.15, -0.1) is 0 Å². The van der Waals surface area contributed by atoms with Crippen molar-refractivity contribution in [3.05, 3.63) is 70.8 Å². The van der Waals surface area contributed by atoms with Crippen LogP contribution in [-0.4, -0.2) is 12.5 Å². The first-order valence-electron chi connectivity index (χ1n) is 7.20. The third-order valence-electron chi connectivity index (χ3n) is 3.34. The molecule has 0 unspecified atom stereocenters. The van der Waals surface area contributed by atoms with Crippen molar-refractivity contribution < 1.29 is 9.53 Å². The van der Waals surface area contributed by atoms with E-state index in [4.69, 9.17) is 4.74 Å². The number of amides is 1. The Morgan fingerprint density at radius 1 is 1.05 bits per heavy atom. The van der Waals surface area contributed by atoms with Gasteiger partial charge in [-0.2, -0.15) is 0 Å². The maximum Gasteiger partial charge on any atom is 0.251 e. The maximum absolute atomic E-state index is 12.1. The molecule has 2 aromatic rings. The lowest BCUT2D eigenvalue weighted by molar-refractivity contribution is 0.0950. The summed E-state index contributed by atoms with van der Waals surface area (Å²) in [6.07, 6.45) is 0. The topological polar surface area (TPSA) is 38.3 Å². The van der Waals surface area contributed by atoms with Gasteiger partial charge in [0.15, 0.2) is 0 Å². The van der Waals surface area contributed by atoms with E-state index in [-0.39, 0.29) is 5.91 Å². The van der Waals surface area contributed by atoms with Gasteiger partial charge in [0.25, 0.3) is 5.91 Å². The normalized spacial score (nSPS) is 10.4. The highest BCUT2D eigenvalue weighted by Crippen LogP contribution is 2.08. The smallest absolute Gasteiger partial charge is 0.251 e. The predicted molar refractivity (Wildman–Crippen MR) is 84.1 cm³/mol. The van der Waals surface area contributed by atoms with Crippen LogP contribution in [0.1, 0.15) is 34.0 Å². The molecular weight excluding hydrogens is 262 g/mol. The Bertz CT molecular complexity index is 590. The van der Waals surface area contributed by atoms with Crippen LogP contribution in [0.25, 0.3) is 0 Å². The summed E-state index contributed by atoms with van der Waals surface area (Å²) in [7, 11) is 0. The molecule has 0 saturated heterocycles. The van der Waals surface area contributed by atoms with Crippen molar-refractivity contribution in [1.29, 1.82) is 0 Å². The molecule has 0 aliphatic carbocycles. The van der Waals surface area contributed by atoms with E-state index in [1.54, 1.807) is 0 Å². The molecule has 0 aliphatic rings. The summed E-state index contributed by atoms with van der Waals surface area (Å²) >= 11 is 0. The van der Waals surface area contributed by atoms with Gasteiger partial charge in [-0.05, 0) is 36.6 Å². The minimum atomic E-state index is -0.0357. The molecule has 1 amide bonds. The molecule has 0 atom stereocenters. The number of hydrogen-bond acceptors (Lipinski definition) is 2. The second-order valence-electron chi connectivity index (χ2n) is 4.95. The number of aryl methyl sites for hydroxylation is 1. The second kappa shape index (κ2) is 7.60. The Balaban J connectivity index is 1.91. The molecule has 3 nitrogen and oxygen atoms in total. The summed E-state index contributed by atoms with van der Waals surface area (Å²) in [4.78, 5) is 12.1. The minimum absolute atomic E-state index is 0.0357. The Hall–Kier alpha value is -2.13. The van der Waals surface area contributed by atoms with Crippen molar-refractivity contribution in [1.82, 2.24) is 5.32 Å². The number of rotatable bonds is 6. The van der Waals surface area contributed by atoms with E-state index in [2.05, 4.69) is 5.32 Å². The standard InChI is InChI=1S/C18H21NO2/c1-3-21-13-16-10-8-15(9-11-16)12-19-18(20)17-7-5-4-6-14(17)2/h4-11H,3,12-13H2,1-2H3,(H,19,20). The van der Waals surface area contributed by atoms with Gasteiger partial charge in [0, 0.05) is 18.7 Å². The van der Waals surface area contributed by atoms with Gasteiger partial charge in [0.05, 0.1) is 6.61 Å². The van der Waals surface area contributed by atoms with E-state index in [1.165, 1.54) is 0 Å². The quantitative estimate of drug-likeness (QED) is 0.881. The fourth-order valence-electron chi connectivity index (χ4n) is 2.08. The third kappa shape index (κ3) is 4.43. The molecule has 0 bridgehead atoms. The highest BCUT2D eigenvalue weighted by Gasteiger charge is 2.07. The monoisotopic (exact) mass is 283 g/mol. The molecule has 0 saturated carbocycles. The highest BCUT2D eigenvalue weighted by molar-refractivity contribution is 5.95. The Morgan fingerprint density at radius 2 is 1.71 bits per heavy atom. The first kappa shape index (κ1) is 15.3. The van der Waals surface area contributed by atoms with Crippen LogP contribution in [0.4, 0.5) is 0 Å². The second-order valence-corrected chi connectivity index (χ2v) is 4.95. The fourth-order valence-corrected chi connectivity index (χ4v) is 2.08. The molecule has 3 heteroatoms. The summed E-state index contributed by atoms with van der Waals surface area (Å²) in [6.45, 7) is 5.80. The molecule has 2 rings (SSSR count). The van der Waals surface area contributed by atoms with Crippen LogP contribution < -0.4 is 5.32 Å². The molecule has 110 valence electrons. The van der Waals surface area contributed by atoms with E-state index in [0.29, 0.717) is 19.8 Å². The summed E-state index contributed by atoms with van der Waals surface area (Å²) in [5, 5.41) is 2.95. The number of carbonyl (C=O) groups excluding carboxylic acids is 1. The van der Waals surface area contributed by atoms with Crippen molar-refractivity contribution in [2.45, 2.75) is 27.0 Å². The molecule has 0 spiro atoms. The van der Waals surface area contributed by atoms with Gasteiger partial charge < -0.3 is 10.1 Å². The van der Waals surface area contributed by atoms with Crippen LogP contribution in [-0.2, 0) is 17.9 Å². The molecule has 0 aromatic heterocycles. The van der Waals surface area contributed by atoms with E-state index in [0.717, 1.165) is 22.3 Å². The van der Waals surface area contributed by atoms with E-state index in [9.17, 15) is 4.79 Å². The molecule has 21 heavy (non-hydrogen) atoms. The maximum atomic E-state index is 12.1. The first-order chi connectivity index (χ1) is 10.2. The lowest BCUT2D eigenvalue weighted by atomic mass is 10.1. The molecule has 0 heterocycles. The molecule has 0 radical (unpaired) electrons. The van der Waals surface area contributed by atoms with Crippen LogP contribution in [0, 0.1) is 6.92 Å². The van der Waals surface area contributed by atoms with E-state index in [1.807, 2.05) is 62.4 Å². The summed E-state index contributed by atoms with van der Waals surface area (Å²) < 4.78 is 5.36. The summed E-state index contributed by atoms with van der Waals surface area (Å²) in [5.41, 5.74) is 3.94. The van der Waals surface area contributed by atoms with Gasteiger partial charge in [0.2, 0.25) is 0 Å². The van der Waals surface area contributed by atoms with Crippen LogP contribution in [0.15, 0.2) is 48.5 Å². The van der Waals surface area contributed by atoms with E-state index >= 15 is 0 Å². The van der Waals surface area contributed by atoms with Crippen LogP contribution >= 0.6 is 0 Å². The fraction of sp³-hybridized carbons (Fsp3) is 0.278. The molecule has 0 fully saturated rings. The van der Waals surface area contributed by atoms with Gasteiger partial charge in [-0.25, -0.2) is 0 Å². The number of ether oxygens (including phenoxy) is 1. The third-order valence-corrected chi connectivity index (χ3v) is 3.34. The molecule has 1 N–H and O–H groups in total. The zero-order valence-corrected chi connectivity index (χ0v) is 12.6. The van der Waals surface area contributed by atoms with Gasteiger partial charge >= 0.3 is 0 Å². The largest absolute Gasteiger partial charge is 0.377 e. The van der Waals surface area contributed by atoms with Crippen molar-refractivity contribution in [2.24, 2.45) is 0 Å². The average molecular weight is 283 g/mol. The van der Waals surface area contributed by atoms with Crippen molar-refractivity contribution >= 4 is 5.91 Å². The highest BCUT2D eigenvalue weighted by atomic mass is 16.5. The first-order valence-corrected chi connectivity index (χ1v) is 7.20. The van der Waals surface area contributed by atoms with Gasteiger partial charge in [0.1, 0.15) is 0 Å². The average Bonchev–Trinajstić information content (AvgIpc) is 2.52. The van der Waals surface area contributed by atoms with Gasteiger partial charge in [-0.3, -0.25) is 4.79 Å². The van der Waals surface area contributed by atoms with Crippen molar-refractivity contribution in [3.8, 4) is 0 Å². The minimum Gasteiger partial charge on any atom is -0.377 e. The van der Waals surface area contributed by atoms with Crippen LogP contribution in [0.5, 0.6) is 0 Å². The zero-order valence-electron chi connectivity index (χ0n) is 12.6. The van der Waals surface area contributed by atoms with E-state index < -0.39 is 0 Å². The summed E-state index contributed by atoms with van der Waals surface area (Å²) in [6, 6.07) is 15.7. The lowest BCUT2D eigenvalue weighted by Gasteiger charge is -2.08. The van der Waals surface area contributed by atoms with Crippen molar-refractivity contribution in [2.75, 3.05) is 6.61 Å². The Labute approximate surface area is 126 Å². The molecule has 2 aromatic carbocycles. The van der Waals surface area contributed by atoms with Gasteiger partial charge in [-0.1, -0.05) is 42.5 Å². The predicted octanol–water partition coefficient (Wildman–Crippen LogP) is 3.46. The zero-order chi connectivity index (χ0) is 15.1. The lowest BCUT2D eigenvalue weighted by Crippen LogP contribution is -2.23. The number of hydrogen-bond donors (Lipinski definition) is 1. The molecule has 0 aliphatic heterocycles. The number of nitrogens with one attached hydrogen (secondary N) is 1. The number of carbonyl (C=O) groups is 1. The molecular formula is C18H21NO2. The van der Waals surface area contributed by atoms with Crippen molar-refractivity contribution in [3.63, 3.8) is 0 Å². The summed E-state index contributed by atoms with van der Waals surface area (Å²) in [5.74, 6) is -0.0357.